The van der Waals surface area contributed by atoms with Gasteiger partial charge >= 0.3 is 6.18 Å². The van der Waals surface area contributed by atoms with Crippen LogP contribution in [0.15, 0.2) is 29.2 Å². The van der Waals surface area contributed by atoms with Crippen molar-refractivity contribution >= 4 is 10.0 Å². The van der Waals surface area contributed by atoms with Gasteiger partial charge in [0, 0.05) is 12.1 Å². The van der Waals surface area contributed by atoms with Crippen LogP contribution in [0.5, 0.6) is 0 Å². The van der Waals surface area contributed by atoms with E-state index in [-0.39, 0.29) is 17.0 Å². The molecule has 0 radical (unpaired) electrons. The Kier molecular flexibility index (Phi) is 5.37. The summed E-state index contributed by atoms with van der Waals surface area (Å²) in [6, 6.07) is 3.43. The summed E-state index contributed by atoms with van der Waals surface area (Å²) < 4.78 is 65.7. The number of nitrogens with zero attached hydrogens (tertiary/aromatic N) is 1. The van der Waals surface area contributed by atoms with Crippen molar-refractivity contribution in [3.8, 4) is 0 Å². The van der Waals surface area contributed by atoms with Crippen LogP contribution in [-0.2, 0) is 16.2 Å². The summed E-state index contributed by atoms with van der Waals surface area (Å²) in [4.78, 5) is -0.306. The Morgan fingerprint density at radius 3 is 2.35 bits per heavy atom. The summed E-state index contributed by atoms with van der Waals surface area (Å²) in [5.74, 6) is 0. The molecule has 1 saturated heterocycles. The minimum atomic E-state index is -4.57. The van der Waals surface area contributed by atoms with Gasteiger partial charge in [-0.15, -0.1) is 0 Å². The predicted octanol–water partition coefficient (Wildman–Crippen LogP) is 2.86. The van der Waals surface area contributed by atoms with E-state index in [0.29, 0.717) is 32.0 Å². The van der Waals surface area contributed by atoms with Crippen molar-refractivity contribution in [3.63, 3.8) is 0 Å². The third-order valence-electron chi connectivity index (χ3n) is 3.91. The molecule has 0 atom stereocenters. The third-order valence-corrected chi connectivity index (χ3v) is 6.04. The lowest BCUT2D eigenvalue weighted by Crippen LogP contribution is -2.49. The topological polar surface area (TPSA) is 49.4 Å². The van der Waals surface area contributed by atoms with E-state index in [9.17, 15) is 21.6 Å². The SMILES string of the molecule is CC(C)N(C1CCNCC1)S(=O)(=O)c1cccc(C(F)(F)F)c1. The van der Waals surface area contributed by atoms with Crippen molar-refractivity contribution in [2.24, 2.45) is 0 Å². The largest absolute Gasteiger partial charge is 0.416 e. The van der Waals surface area contributed by atoms with Crippen LogP contribution >= 0.6 is 0 Å². The van der Waals surface area contributed by atoms with Crippen LogP contribution in [0.4, 0.5) is 13.2 Å². The molecule has 130 valence electrons. The van der Waals surface area contributed by atoms with Crippen LogP contribution in [-0.4, -0.2) is 37.9 Å². The van der Waals surface area contributed by atoms with Gasteiger partial charge in [-0.3, -0.25) is 0 Å². The number of piperidine rings is 1. The average Bonchev–Trinajstić information content (AvgIpc) is 2.47. The molecule has 1 aromatic rings. The van der Waals surface area contributed by atoms with Crippen LogP contribution in [0, 0.1) is 0 Å². The molecule has 1 heterocycles. The maximum Gasteiger partial charge on any atom is 0.416 e. The fourth-order valence-electron chi connectivity index (χ4n) is 2.91. The van der Waals surface area contributed by atoms with E-state index in [1.165, 1.54) is 10.4 Å². The van der Waals surface area contributed by atoms with E-state index >= 15 is 0 Å². The van der Waals surface area contributed by atoms with Gasteiger partial charge in [0.05, 0.1) is 10.5 Å². The Labute approximate surface area is 134 Å². The van der Waals surface area contributed by atoms with Gasteiger partial charge in [0.1, 0.15) is 0 Å². The fourth-order valence-corrected chi connectivity index (χ4v) is 4.84. The second-order valence-electron chi connectivity index (χ2n) is 5.94. The Balaban J connectivity index is 2.41. The molecule has 0 aliphatic carbocycles. The van der Waals surface area contributed by atoms with E-state index in [0.717, 1.165) is 12.1 Å². The van der Waals surface area contributed by atoms with Gasteiger partial charge in [0.2, 0.25) is 10.0 Å². The number of alkyl halides is 3. The summed E-state index contributed by atoms with van der Waals surface area (Å²) in [6.45, 7) is 4.89. The second-order valence-corrected chi connectivity index (χ2v) is 7.78. The monoisotopic (exact) mass is 350 g/mol. The Morgan fingerprint density at radius 2 is 1.83 bits per heavy atom. The zero-order valence-electron chi connectivity index (χ0n) is 13.1. The molecule has 0 unspecified atom stereocenters. The molecule has 1 N–H and O–H groups in total. The van der Waals surface area contributed by atoms with Gasteiger partial charge in [-0.2, -0.15) is 17.5 Å². The van der Waals surface area contributed by atoms with E-state index < -0.39 is 21.8 Å². The first-order valence-corrected chi connectivity index (χ1v) is 8.99. The first-order valence-electron chi connectivity index (χ1n) is 7.55. The smallest absolute Gasteiger partial charge is 0.317 e. The van der Waals surface area contributed by atoms with Crippen LogP contribution in [0.2, 0.25) is 0 Å². The lowest BCUT2D eigenvalue weighted by atomic mass is 10.1. The molecule has 1 aromatic carbocycles. The van der Waals surface area contributed by atoms with E-state index in [2.05, 4.69) is 5.32 Å². The van der Waals surface area contributed by atoms with Gasteiger partial charge in [-0.05, 0) is 58.0 Å². The number of hydrogen-bond acceptors (Lipinski definition) is 3. The zero-order valence-corrected chi connectivity index (χ0v) is 13.9. The molecule has 2 rings (SSSR count). The summed E-state index contributed by atoms with van der Waals surface area (Å²) >= 11 is 0. The number of halogens is 3. The molecule has 0 bridgehead atoms. The maximum atomic E-state index is 12.9. The molecule has 0 spiro atoms. The molecule has 4 nitrogen and oxygen atoms in total. The molecular formula is C15H21F3N2O2S. The van der Waals surface area contributed by atoms with E-state index in [1.807, 2.05) is 0 Å². The van der Waals surface area contributed by atoms with Crippen molar-refractivity contribution in [2.45, 2.75) is 49.8 Å². The molecule has 0 amide bonds. The maximum absolute atomic E-state index is 12.9. The predicted molar refractivity (Wildman–Crippen MR) is 81.5 cm³/mol. The molecule has 1 aliphatic heterocycles. The van der Waals surface area contributed by atoms with Crippen molar-refractivity contribution in [1.29, 1.82) is 0 Å². The highest BCUT2D eigenvalue weighted by atomic mass is 32.2. The van der Waals surface area contributed by atoms with Gasteiger partial charge in [0.25, 0.3) is 0 Å². The minimum absolute atomic E-state index is 0.198. The van der Waals surface area contributed by atoms with Crippen molar-refractivity contribution < 1.29 is 21.6 Å². The molecule has 1 aliphatic rings. The highest BCUT2D eigenvalue weighted by Gasteiger charge is 2.36. The van der Waals surface area contributed by atoms with Gasteiger partial charge in [-0.25, -0.2) is 8.42 Å². The first-order chi connectivity index (χ1) is 10.6. The average molecular weight is 350 g/mol. The standard InChI is InChI=1S/C15H21F3N2O2S/c1-11(2)20(13-6-8-19-9-7-13)23(21,22)14-5-3-4-12(10-14)15(16,17)18/h3-5,10-11,13,19H,6-9H2,1-2H3. The molecule has 0 saturated carbocycles. The molecular weight excluding hydrogens is 329 g/mol. The van der Waals surface area contributed by atoms with Gasteiger partial charge in [0.15, 0.2) is 0 Å². The van der Waals surface area contributed by atoms with Crippen molar-refractivity contribution in [1.82, 2.24) is 9.62 Å². The highest BCUT2D eigenvalue weighted by molar-refractivity contribution is 7.89. The van der Waals surface area contributed by atoms with Crippen LogP contribution in [0.3, 0.4) is 0 Å². The summed E-state index contributed by atoms with van der Waals surface area (Å²) in [7, 11) is -3.98. The van der Waals surface area contributed by atoms with Gasteiger partial charge < -0.3 is 5.32 Å². The van der Waals surface area contributed by atoms with E-state index in [4.69, 9.17) is 0 Å². The second kappa shape index (κ2) is 6.78. The van der Waals surface area contributed by atoms with Gasteiger partial charge in [-0.1, -0.05) is 6.07 Å². The number of nitrogens with one attached hydrogen (secondary N) is 1. The third kappa shape index (κ3) is 4.05. The molecule has 0 aromatic heterocycles. The Bertz CT molecular complexity index is 638. The first kappa shape index (κ1) is 18.2. The minimum Gasteiger partial charge on any atom is -0.317 e. The normalized spacial score (nSPS) is 17.9. The number of benzene rings is 1. The number of rotatable bonds is 4. The lowest BCUT2D eigenvalue weighted by molar-refractivity contribution is -0.137. The highest BCUT2D eigenvalue weighted by Crippen LogP contribution is 2.32. The molecule has 1 fully saturated rings. The Hall–Kier alpha value is -1.12. The van der Waals surface area contributed by atoms with Crippen LogP contribution in [0.1, 0.15) is 32.3 Å². The van der Waals surface area contributed by atoms with Crippen LogP contribution in [0.25, 0.3) is 0 Å². The Morgan fingerprint density at radius 1 is 1.22 bits per heavy atom. The number of sulfonamides is 1. The van der Waals surface area contributed by atoms with Crippen LogP contribution < -0.4 is 5.32 Å². The summed E-state index contributed by atoms with van der Waals surface area (Å²) in [5, 5.41) is 3.16. The quantitative estimate of drug-likeness (QED) is 0.908. The molecule has 23 heavy (non-hydrogen) atoms. The van der Waals surface area contributed by atoms with Crippen molar-refractivity contribution in [2.75, 3.05) is 13.1 Å². The summed E-state index contributed by atoms with van der Waals surface area (Å²) in [6.07, 6.45) is -3.27. The zero-order chi connectivity index (χ0) is 17.3. The van der Waals surface area contributed by atoms with Crippen molar-refractivity contribution in [3.05, 3.63) is 29.8 Å². The molecule has 8 heteroatoms. The lowest BCUT2D eigenvalue weighted by Gasteiger charge is -2.36. The fraction of sp³-hybridized carbons (Fsp3) is 0.600. The van der Waals surface area contributed by atoms with E-state index in [1.54, 1.807) is 13.8 Å². The number of hydrogen-bond donors (Lipinski definition) is 1. The summed E-state index contributed by atoms with van der Waals surface area (Å²) in [5.41, 5.74) is -0.951.